The van der Waals surface area contributed by atoms with Crippen LogP contribution in [0.15, 0.2) is 47.3 Å². The first-order chi connectivity index (χ1) is 16.0. The maximum absolute atomic E-state index is 12.9. The summed E-state index contributed by atoms with van der Waals surface area (Å²) < 4.78 is 24.1. The summed E-state index contributed by atoms with van der Waals surface area (Å²) in [4.78, 5) is 29.2. The maximum atomic E-state index is 12.9. The molecule has 1 aliphatic rings. The molecule has 0 unspecified atom stereocenters. The summed E-state index contributed by atoms with van der Waals surface area (Å²) in [6.07, 6.45) is 1.22. The topological polar surface area (TPSA) is 101 Å². The van der Waals surface area contributed by atoms with Crippen LogP contribution in [0.4, 0.5) is 0 Å². The number of hydrogen-bond donors (Lipinski definition) is 0. The Kier molecular flexibility index (Phi) is 5.43. The second-order valence-corrected chi connectivity index (χ2v) is 8.19. The zero-order chi connectivity index (χ0) is 22.9. The smallest absolute Gasteiger partial charge is 0.308 e. The average molecular weight is 465 g/mol. The monoisotopic (exact) mass is 465 g/mol. The number of aromatic nitrogens is 3. The Balaban J connectivity index is 1.45. The van der Waals surface area contributed by atoms with Crippen LogP contribution in [-0.4, -0.2) is 33.8 Å². The fourth-order valence-electron chi connectivity index (χ4n) is 3.41. The van der Waals surface area contributed by atoms with Crippen molar-refractivity contribution >= 4 is 28.3 Å². The molecule has 0 fully saturated rings. The Morgan fingerprint density at radius 1 is 1.24 bits per heavy atom. The van der Waals surface area contributed by atoms with Crippen LogP contribution in [0.2, 0.25) is 0 Å². The van der Waals surface area contributed by atoms with Crippen molar-refractivity contribution in [2.24, 2.45) is 0 Å². The van der Waals surface area contributed by atoms with Crippen molar-refractivity contribution in [3.63, 3.8) is 0 Å². The fraction of sp³-hybridized carbons (Fsp3) is 0.217. The summed E-state index contributed by atoms with van der Waals surface area (Å²) in [5.41, 5.74) is 0.435. The van der Waals surface area contributed by atoms with Crippen molar-refractivity contribution in [2.45, 2.75) is 20.0 Å². The van der Waals surface area contributed by atoms with E-state index in [1.807, 2.05) is 31.2 Å². The van der Waals surface area contributed by atoms with Crippen LogP contribution in [-0.2, 0) is 4.79 Å². The van der Waals surface area contributed by atoms with Gasteiger partial charge in [0.05, 0.1) is 11.1 Å². The van der Waals surface area contributed by atoms with Crippen molar-refractivity contribution < 1.29 is 23.7 Å². The van der Waals surface area contributed by atoms with Gasteiger partial charge in [-0.25, -0.2) is 0 Å². The number of hydrogen-bond acceptors (Lipinski definition) is 9. The summed E-state index contributed by atoms with van der Waals surface area (Å²) in [7, 11) is 0. The van der Waals surface area contributed by atoms with Gasteiger partial charge in [0.15, 0.2) is 34.9 Å². The highest BCUT2D eigenvalue weighted by atomic mass is 32.1. The molecule has 3 heterocycles. The molecule has 4 aromatic rings. The van der Waals surface area contributed by atoms with Crippen molar-refractivity contribution in [1.29, 1.82) is 0 Å². The lowest BCUT2D eigenvalue weighted by Gasteiger charge is -2.24. The molecule has 0 spiro atoms. The van der Waals surface area contributed by atoms with Gasteiger partial charge < -0.3 is 18.9 Å². The van der Waals surface area contributed by atoms with E-state index < -0.39 is 12.1 Å². The number of nitrogens with zero attached hydrogens (tertiary/aromatic N) is 3. The van der Waals surface area contributed by atoms with Crippen LogP contribution >= 0.6 is 11.3 Å². The molecular weight excluding hydrogens is 446 g/mol. The number of rotatable bonds is 5. The lowest BCUT2D eigenvalue weighted by Crippen LogP contribution is -2.26. The van der Waals surface area contributed by atoms with Gasteiger partial charge in [0.25, 0.3) is 5.56 Å². The first-order valence-corrected chi connectivity index (χ1v) is 11.1. The van der Waals surface area contributed by atoms with E-state index in [2.05, 4.69) is 10.1 Å². The van der Waals surface area contributed by atoms with Gasteiger partial charge in [-0.2, -0.15) is 9.50 Å². The third-order valence-electron chi connectivity index (χ3n) is 4.81. The molecule has 2 aromatic heterocycles. The lowest BCUT2D eigenvalue weighted by atomic mass is 10.2. The Hall–Kier alpha value is -3.92. The van der Waals surface area contributed by atoms with Crippen LogP contribution in [0.3, 0.4) is 0 Å². The van der Waals surface area contributed by atoms with Gasteiger partial charge in [0.1, 0.15) is 6.61 Å². The number of para-hydroxylation sites is 2. The number of fused-ring (bicyclic) bond motifs is 2. The van der Waals surface area contributed by atoms with E-state index in [0.29, 0.717) is 44.9 Å². The number of thiazole rings is 1. The standard InChI is InChI=1S/C23H19N3O6S/c1-3-29-18-10-14(8-9-17(18)31-13(2)27)11-20-22(28)26-23(33-20)24-21(25-26)19-12-30-15-6-4-5-7-16(15)32-19/h4-11,19H,3,12H2,1-2H3/b20-11+/t19-/m1/s1. The maximum Gasteiger partial charge on any atom is 0.308 e. The van der Waals surface area contributed by atoms with Crippen LogP contribution in [0.5, 0.6) is 23.0 Å². The Labute approximate surface area is 191 Å². The predicted molar refractivity (Wildman–Crippen MR) is 120 cm³/mol. The molecular formula is C23H19N3O6S. The molecule has 5 rings (SSSR count). The van der Waals surface area contributed by atoms with Gasteiger partial charge in [-0.1, -0.05) is 29.5 Å². The first kappa shape index (κ1) is 21.0. The van der Waals surface area contributed by atoms with Crippen molar-refractivity contribution in [1.82, 2.24) is 14.6 Å². The minimum Gasteiger partial charge on any atom is -0.490 e. The Morgan fingerprint density at radius 3 is 2.82 bits per heavy atom. The molecule has 0 bridgehead atoms. The molecule has 33 heavy (non-hydrogen) atoms. The molecule has 0 amide bonds. The fourth-order valence-corrected chi connectivity index (χ4v) is 4.32. The quantitative estimate of drug-likeness (QED) is 0.327. The Bertz CT molecular complexity index is 1460. The predicted octanol–water partition coefficient (Wildman–Crippen LogP) is 2.54. The molecule has 10 heteroatoms. The van der Waals surface area contributed by atoms with Gasteiger partial charge in [-0.3, -0.25) is 9.59 Å². The zero-order valence-corrected chi connectivity index (χ0v) is 18.6. The molecule has 168 valence electrons. The molecule has 0 aliphatic carbocycles. The summed E-state index contributed by atoms with van der Waals surface area (Å²) >= 11 is 1.22. The van der Waals surface area contributed by atoms with E-state index in [-0.39, 0.29) is 12.2 Å². The number of carbonyl (C=O) groups excluding carboxylic acids is 1. The molecule has 1 atom stereocenters. The molecule has 0 saturated carbocycles. The summed E-state index contributed by atoms with van der Waals surface area (Å²) in [6.45, 7) is 3.82. The number of ether oxygens (including phenoxy) is 4. The molecule has 0 radical (unpaired) electrons. The van der Waals surface area contributed by atoms with Gasteiger partial charge in [0, 0.05) is 6.92 Å². The highest BCUT2D eigenvalue weighted by Crippen LogP contribution is 2.35. The highest BCUT2D eigenvalue weighted by molar-refractivity contribution is 7.15. The van der Waals surface area contributed by atoms with Crippen molar-refractivity contribution in [3.05, 3.63) is 68.7 Å². The number of esters is 1. The minimum atomic E-state index is -0.499. The molecule has 2 aromatic carbocycles. The van der Waals surface area contributed by atoms with Crippen LogP contribution in [0.25, 0.3) is 11.0 Å². The molecule has 1 aliphatic heterocycles. The second kappa shape index (κ2) is 8.55. The highest BCUT2D eigenvalue weighted by Gasteiger charge is 2.27. The van der Waals surface area contributed by atoms with Crippen molar-refractivity contribution in [3.8, 4) is 23.0 Å². The summed E-state index contributed by atoms with van der Waals surface area (Å²) in [5, 5.41) is 4.36. The van der Waals surface area contributed by atoms with Gasteiger partial charge in [-0.15, -0.1) is 5.10 Å². The van der Waals surface area contributed by atoms with E-state index in [4.69, 9.17) is 18.9 Å². The van der Waals surface area contributed by atoms with Gasteiger partial charge in [-0.05, 0) is 42.8 Å². The first-order valence-electron chi connectivity index (χ1n) is 10.3. The lowest BCUT2D eigenvalue weighted by molar-refractivity contribution is -0.132. The third-order valence-corrected chi connectivity index (χ3v) is 5.77. The van der Waals surface area contributed by atoms with Gasteiger partial charge in [0.2, 0.25) is 4.96 Å². The third kappa shape index (κ3) is 4.12. The number of benzene rings is 2. The second-order valence-electron chi connectivity index (χ2n) is 7.18. The molecule has 0 N–H and O–H groups in total. The molecule has 9 nitrogen and oxygen atoms in total. The summed E-state index contributed by atoms with van der Waals surface area (Å²) in [6, 6.07) is 12.5. The normalized spacial score (nSPS) is 15.6. The van der Waals surface area contributed by atoms with E-state index >= 15 is 0 Å². The van der Waals surface area contributed by atoms with Crippen LogP contribution in [0.1, 0.15) is 31.3 Å². The minimum absolute atomic E-state index is 0.261. The van der Waals surface area contributed by atoms with E-state index in [1.165, 1.54) is 22.8 Å². The largest absolute Gasteiger partial charge is 0.490 e. The van der Waals surface area contributed by atoms with E-state index in [1.54, 1.807) is 24.3 Å². The number of carbonyl (C=O) groups is 1. The SMILES string of the molecule is CCOc1cc(/C=c2/sc3nc([C@H]4COc5ccccc5O4)nn3c2=O)ccc1OC(C)=O. The average Bonchev–Trinajstić information content (AvgIpc) is 3.34. The van der Waals surface area contributed by atoms with Gasteiger partial charge >= 0.3 is 5.97 Å². The van der Waals surface area contributed by atoms with Crippen LogP contribution in [0, 0.1) is 0 Å². The molecule has 0 saturated heterocycles. The van der Waals surface area contributed by atoms with Crippen molar-refractivity contribution in [2.75, 3.05) is 13.2 Å². The zero-order valence-electron chi connectivity index (χ0n) is 17.8. The summed E-state index contributed by atoms with van der Waals surface area (Å²) in [5.74, 6) is 1.99. The van der Waals surface area contributed by atoms with E-state index in [0.717, 1.165) is 5.56 Å². The van der Waals surface area contributed by atoms with Crippen LogP contribution < -0.4 is 29.0 Å². The Morgan fingerprint density at radius 2 is 2.06 bits per heavy atom. The van der Waals surface area contributed by atoms with E-state index in [9.17, 15) is 9.59 Å².